The van der Waals surface area contributed by atoms with Gasteiger partial charge in [-0.2, -0.15) is 0 Å². The van der Waals surface area contributed by atoms with Crippen LogP contribution in [0.1, 0.15) is 31.2 Å². The normalized spacial score (nSPS) is 16.3. The lowest BCUT2D eigenvalue weighted by Gasteiger charge is -2.12. The minimum Gasteiger partial charge on any atom is -0.487 e. The molecule has 1 fully saturated rings. The summed E-state index contributed by atoms with van der Waals surface area (Å²) in [6, 6.07) is 4.27. The number of rotatable bonds is 5. The van der Waals surface area contributed by atoms with Crippen LogP contribution >= 0.6 is 0 Å². The van der Waals surface area contributed by atoms with E-state index < -0.39 is 4.92 Å². The summed E-state index contributed by atoms with van der Waals surface area (Å²) in [6.07, 6.45) is 4.60. The molecule has 1 aromatic carbocycles. The Hall–Kier alpha value is -2.31. The smallest absolute Gasteiger partial charge is 0.311 e. The predicted molar refractivity (Wildman–Crippen MR) is 73.1 cm³/mol. The van der Waals surface area contributed by atoms with E-state index in [4.69, 9.17) is 15.7 Å². The Bertz CT molecular complexity index is 524. The number of benzene rings is 1. The maximum absolute atomic E-state index is 11.1. The van der Waals surface area contributed by atoms with Crippen molar-refractivity contribution < 1.29 is 14.9 Å². The number of ether oxygens (including phenoxy) is 1. The molecule has 0 amide bonds. The number of hydrogen-bond donors (Lipinski definition) is 2. The van der Waals surface area contributed by atoms with Crippen LogP contribution in [0.3, 0.4) is 0 Å². The van der Waals surface area contributed by atoms with Crippen LogP contribution in [-0.4, -0.2) is 22.6 Å². The van der Waals surface area contributed by atoms with Gasteiger partial charge in [0.15, 0.2) is 11.6 Å². The van der Waals surface area contributed by atoms with Crippen LogP contribution < -0.4 is 10.5 Å². The molecule has 0 aliphatic heterocycles. The molecule has 1 aliphatic carbocycles. The average Bonchev–Trinajstić information content (AvgIpc) is 2.97. The third kappa shape index (κ3) is 3.17. The molecule has 0 heterocycles. The van der Waals surface area contributed by atoms with E-state index in [-0.39, 0.29) is 22.8 Å². The molecular formula is C13H17N3O4. The highest BCUT2D eigenvalue weighted by atomic mass is 16.6. The fourth-order valence-corrected chi connectivity index (χ4v) is 2.38. The van der Waals surface area contributed by atoms with Gasteiger partial charge in [0, 0.05) is 11.6 Å². The van der Waals surface area contributed by atoms with Gasteiger partial charge in [-0.15, -0.1) is 0 Å². The van der Waals surface area contributed by atoms with Gasteiger partial charge < -0.3 is 15.7 Å². The van der Waals surface area contributed by atoms with E-state index in [1.54, 1.807) is 0 Å². The van der Waals surface area contributed by atoms with Crippen molar-refractivity contribution in [1.29, 1.82) is 0 Å². The average molecular weight is 279 g/mol. The van der Waals surface area contributed by atoms with Crippen LogP contribution in [0.5, 0.6) is 5.75 Å². The van der Waals surface area contributed by atoms with Crippen molar-refractivity contribution in [2.75, 3.05) is 6.61 Å². The highest BCUT2D eigenvalue weighted by Crippen LogP contribution is 2.30. The van der Waals surface area contributed by atoms with E-state index in [2.05, 4.69) is 5.16 Å². The number of oxime groups is 1. The molecule has 0 bridgehead atoms. The van der Waals surface area contributed by atoms with Gasteiger partial charge in [0.1, 0.15) is 0 Å². The maximum atomic E-state index is 11.1. The molecule has 7 nitrogen and oxygen atoms in total. The molecule has 1 aliphatic rings. The van der Waals surface area contributed by atoms with Gasteiger partial charge in [-0.05, 0) is 30.9 Å². The van der Waals surface area contributed by atoms with Gasteiger partial charge in [-0.1, -0.05) is 18.0 Å². The zero-order valence-electron chi connectivity index (χ0n) is 11.0. The quantitative estimate of drug-likeness (QED) is 0.282. The van der Waals surface area contributed by atoms with Crippen LogP contribution in [0, 0.1) is 16.0 Å². The minimum absolute atomic E-state index is 0.171. The van der Waals surface area contributed by atoms with Gasteiger partial charge >= 0.3 is 5.69 Å². The van der Waals surface area contributed by atoms with Gasteiger partial charge in [0.05, 0.1) is 11.5 Å². The van der Waals surface area contributed by atoms with Crippen LogP contribution in [0.4, 0.5) is 5.69 Å². The van der Waals surface area contributed by atoms with Crippen LogP contribution in [0.2, 0.25) is 0 Å². The second-order valence-electron chi connectivity index (χ2n) is 4.89. The number of nitro groups is 1. The van der Waals surface area contributed by atoms with Crippen molar-refractivity contribution in [3.63, 3.8) is 0 Å². The van der Waals surface area contributed by atoms with Crippen molar-refractivity contribution >= 4 is 11.5 Å². The summed E-state index contributed by atoms with van der Waals surface area (Å²) < 4.78 is 5.57. The van der Waals surface area contributed by atoms with Crippen LogP contribution in [0.25, 0.3) is 0 Å². The lowest BCUT2D eigenvalue weighted by atomic mass is 10.1. The maximum Gasteiger partial charge on any atom is 0.311 e. The summed E-state index contributed by atoms with van der Waals surface area (Å²) in [7, 11) is 0. The monoisotopic (exact) mass is 279 g/mol. The molecule has 0 saturated heterocycles. The molecule has 0 radical (unpaired) electrons. The molecule has 7 heteroatoms. The van der Waals surface area contributed by atoms with Crippen molar-refractivity contribution in [2.45, 2.75) is 25.7 Å². The molecule has 0 spiro atoms. The molecule has 3 N–H and O–H groups in total. The summed E-state index contributed by atoms with van der Waals surface area (Å²) in [5.41, 5.74) is 5.53. The van der Waals surface area contributed by atoms with E-state index in [9.17, 15) is 10.1 Å². The van der Waals surface area contributed by atoms with Gasteiger partial charge in [0.2, 0.25) is 0 Å². The second kappa shape index (κ2) is 6.23. The lowest BCUT2D eigenvalue weighted by Crippen LogP contribution is -2.14. The largest absolute Gasteiger partial charge is 0.487 e. The summed E-state index contributed by atoms with van der Waals surface area (Å²) in [6.45, 7) is 0.490. The van der Waals surface area contributed by atoms with Crippen molar-refractivity contribution in [1.82, 2.24) is 0 Å². The van der Waals surface area contributed by atoms with Gasteiger partial charge in [0.25, 0.3) is 0 Å². The Morgan fingerprint density at radius 1 is 1.50 bits per heavy atom. The first-order valence-electron chi connectivity index (χ1n) is 6.51. The first-order valence-corrected chi connectivity index (χ1v) is 6.51. The zero-order chi connectivity index (χ0) is 14.5. The number of nitrogens with zero attached hydrogens (tertiary/aromatic N) is 2. The molecule has 0 unspecified atom stereocenters. The molecule has 0 aromatic heterocycles. The molecule has 1 aromatic rings. The Kier molecular flexibility index (Phi) is 4.39. The molecule has 108 valence electrons. The fraction of sp³-hybridized carbons (Fsp3) is 0.462. The van der Waals surface area contributed by atoms with Crippen molar-refractivity contribution in [2.24, 2.45) is 16.8 Å². The van der Waals surface area contributed by atoms with Gasteiger partial charge in [-0.25, -0.2) is 0 Å². The number of nitro benzene ring substituents is 1. The lowest BCUT2D eigenvalue weighted by molar-refractivity contribution is -0.385. The SMILES string of the molecule is NC(=NO)c1ccc(OCC2CCCC2)c([N+](=O)[O-])c1. The Morgan fingerprint density at radius 3 is 2.80 bits per heavy atom. The summed E-state index contributed by atoms with van der Waals surface area (Å²) in [5, 5.41) is 22.5. The van der Waals surface area contributed by atoms with Crippen molar-refractivity contribution in [3.05, 3.63) is 33.9 Å². The fourth-order valence-electron chi connectivity index (χ4n) is 2.38. The summed E-state index contributed by atoms with van der Waals surface area (Å²) >= 11 is 0. The third-order valence-corrected chi connectivity index (χ3v) is 3.51. The molecule has 0 atom stereocenters. The summed E-state index contributed by atoms with van der Waals surface area (Å²) in [5.74, 6) is 0.519. The Labute approximate surface area is 116 Å². The van der Waals surface area contributed by atoms with Crippen LogP contribution in [0.15, 0.2) is 23.4 Å². The zero-order valence-corrected chi connectivity index (χ0v) is 11.0. The Balaban J connectivity index is 2.16. The van der Waals surface area contributed by atoms with Crippen LogP contribution in [-0.2, 0) is 0 Å². The molecule has 1 saturated carbocycles. The van der Waals surface area contributed by atoms with E-state index in [1.807, 2.05) is 0 Å². The summed E-state index contributed by atoms with van der Waals surface area (Å²) in [4.78, 5) is 10.5. The number of amidine groups is 1. The highest BCUT2D eigenvalue weighted by Gasteiger charge is 2.20. The number of hydrogen-bond acceptors (Lipinski definition) is 5. The van der Waals surface area contributed by atoms with E-state index in [0.717, 1.165) is 12.8 Å². The van der Waals surface area contributed by atoms with Gasteiger partial charge in [-0.3, -0.25) is 10.1 Å². The van der Waals surface area contributed by atoms with E-state index >= 15 is 0 Å². The first-order chi connectivity index (χ1) is 9.61. The standard InChI is InChI=1S/C13H17N3O4/c14-13(15-17)10-5-6-12(11(7-10)16(18)19)20-8-9-3-1-2-4-9/h5-7,9,17H,1-4,8H2,(H2,14,15). The van der Waals surface area contributed by atoms with E-state index in [0.29, 0.717) is 12.5 Å². The minimum atomic E-state index is -0.530. The topological polar surface area (TPSA) is 111 Å². The highest BCUT2D eigenvalue weighted by molar-refractivity contribution is 5.97. The first kappa shape index (κ1) is 14.1. The Morgan fingerprint density at radius 2 is 2.20 bits per heavy atom. The third-order valence-electron chi connectivity index (χ3n) is 3.51. The molecular weight excluding hydrogens is 262 g/mol. The second-order valence-corrected chi connectivity index (χ2v) is 4.89. The van der Waals surface area contributed by atoms with Crippen molar-refractivity contribution in [3.8, 4) is 5.75 Å². The molecule has 2 rings (SSSR count). The molecule has 20 heavy (non-hydrogen) atoms. The predicted octanol–water partition coefficient (Wildman–Crippen LogP) is 2.26. The number of nitrogens with two attached hydrogens (primary N) is 1. The van der Waals surface area contributed by atoms with E-state index in [1.165, 1.54) is 31.0 Å².